The Kier molecular flexibility index (Phi) is 6.99. The van der Waals surface area contributed by atoms with E-state index in [1.807, 2.05) is 12.1 Å². The van der Waals surface area contributed by atoms with Crippen molar-refractivity contribution in [2.75, 3.05) is 26.2 Å². The number of amides is 1. The number of benzene rings is 1. The van der Waals surface area contributed by atoms with Crippen LogP contribution < -0.4 is 11.1 Å². The Hall–Kier alpha value is -1.46. The Bertz CT molecular complexity index is 492. The van der Waals surface area contributed by atoms with Gasteiger partial charge >= 0.3 is 0 Å². The third-order valence-corrected chi connectivity index (χ3v) is 4.60. The number of nitrogens with two attached hydrogens (primary N) is 1. The van der Waals surface area contributed by atoms with Gasteiger partial charge in [-0.1, -0.05) is 25.5 Å². The molecule has 128 valence electrons. The molecular weight excluding hydrogens is 293 g/mol. The van der Waals surface area contributed by atoms with E-state index in [2.05, 4.69) is 17.1 Å². The van der Waals surface area contributed by atoms with E-state index in [-0.39, 0.29) is 11.7 Å². The summed E-state index contributed by atoms with van der Waals surface area (Å²) in [6, 6.07) is 7.15. The number of piperidine rings is 1. The molecule has 1 fully saturated rings. The van der Waals surface area contributed by atoms with Gasteiger partial charge in [0.15, 0.2) is 0 Å². The number of likely N-dealkylation sites (tertiary alicyclic amines) is 1. The summed E-state index contributed by atoms with van der Waals surface area (Å²) in [4.78, 5) is 14.1. The van der Waals surface area contributed by atoms with Crippen LogP contribution in [0.15, 0.2) is 24.3 Å². The number of nitrogens with one attached hydrogen (secondary N) is 1. The third-order valence-electron chi connectivity index (χ3n) is 4.60. The summed E-state index contributed by atoms with van der Waals surface area (Å²) in [7, 11) is 0. The molecule has 0 bridgehead atoms. The van der Waals surface area contributed by atoms with Gasteiger partial charge in [0.1, 0.15) is 5.82 Å². The van der Waals surface area contributed by atoms with Crippen LogP contribution in [-0.4, -0.2) is 43.0 Å². The molecule has 1 aromatic rings. The maximum atomic E-state index is 13.1. The van der Waals surface area contributed by atoms with Crippen LogP contribution in [0.4, 0.5) is 4.39 Å². The molecule has 5 heteroatoms. The van der Waals surface area contributed by atoms with Crippen molar-refractivity contribution < 1.29 is 9.18 Å². The van der Waals surface area contributed by atoms with E-state index in [9.17, 15) is 9.18 Å². The normalized spacial score (nSPS) is 20.2. The van der Waals surface area contributed by atoms with Crippen molar-refractivity contribution in [2.45, 2.75) is 44.6 Å². The summed E-state index contributed by atoms with van der Waals surface area (Å²) >= 11 is 0. The lowest BCUT2D eigenvalue weighted by Crippen LogP contribution is -2.48. The summed E-state index contributed by atoms with van der Waals surface area (Å²) in [5.74, 6) is 0.181. The summed E-state index contributed by atoms with van der Waals surface area (Å²) in [6.45, 7) is 5.24. The third kappa shape index (κ3) is 5.59. The second kappa shape index (κ2) is 8.99. The van der Waals surface area contributed by atoms with Crippen LogP contribution in [0.5, 0.6) is 0 Å². The fourth-order valence-corrected chi connectivity index (χ4v) is 3.23. The summed E-state index contributed by atoms with van der Waals surface area (Å²) in [5, 5.41) is 2.99. The molecule has 3 N–H and O–H groups in total. The molecule has 0 saturated carbocycles. The zero-order chi connectivity index (χ0) is 16.7. The molecule has 1 heterocycles. The van der Waals surface area contributed by atoms with Gasteiger partial charge in [-0.05, 0) is 43.0 Å². The van der Waals surface area contributed by atoms with E-state index in [1.54, 1.807) is 0 Å². The highest BCUT2D eigenvalue weighted by molar-refractivity contribution is 5.76. The van der Waals surface area contributed by atoms with Gasteiger partial charge in [-0.25, -0.2) is 4.39 Å². The van der Waals surface area contributed by atoms with Gasteiger partial charge in [0.05, 0.1) is 0 Å². The summed E-state index contributed by atoms with van der Waals surface area (Å²) < 4.78 is 13.1. The van der Waals surface area contributed by atoms with Crippen LogP contribution in [0.3, 0.4) is 0 Å². The number of carbonyl (C=O) groups excluding carboxylic acids is 1. The predicted octanol–water partition coefficient (Wildman–Crippen LogP) is 2.25. The zero-order valence-electron chi connectivity index (χ0n) is 13.9. The van der Waals surface area contributed by atoms with Crippen LogP contribution in [0.1, 0.15) is 44.1 Å². The SMILES string of the molecule is CC(CN1CCCCC1CNC(=O)CCN)c1ccc(F)cc1. The highest BCUT2D eigenvalue weighted by Gasteiger charge is 2.24. The second-order valence-corrected chi connectivity index (χ2v) is 6.44. The smallest absolute Gasteiger partial charge is 0.221 e. The first-order valence-corrected chi connectivity index (χ1v) is 8.56. The number of hydrogen-bond acceptors (Lipinski definition) is 3. The minimum Gasteiger partial charge on any atom is -0.354 e. The molecule has 0 radical (unpaired) electrons. The minimum absolute atomic E-state index is 0.0320. The summed E-state index contributed by atoms with van der Waals surface area (Å²) in [5.41, 5.74) is 6.56. The highest BCUT2D eigenvalue weighted by Crippen LogP contribution is 2.22. The first-order valence-electron chi connectivity index (χ1n) is 8.56. The van der Waals surface area contributed by atoms with Gasteiger partial charge in [-0.3, -0.25) is 9.69 Å². The topological polar surface area (TPSA) is 58.4 Å². The second-order valence-electron chi connectivity index (χ2n) is 6.44. The van der Waals surface area contributed by atoms with Crippen LogP contribution in [0, 0.1) is 5.82 Å². The molecule has 0 aromatic heterocycles. The molecule has 0 spiro atoms. The fraction of sp³-hybridized carbons (Fsp3) is 0.611. The van der Waals surface area contributed by atoms with Crippen molar-refractivity contribution in [3.05, 3.63) is 35.6 Å². The average molecular weight is 321 g/mol. The first kappa shape index (κ1) is 17.9. The van der Waals surface area contributed by atoms with Gasteiger partial charge in [-0.2, -0.15) is 0 Å². The van der Waals surface area contributed by atoms with E-state index < -0.39 is 0 Å². The molecule has 2 rings (SSSR count). The zero-order valence-corrected chi connectivity index (χ0v) is 13.9. The fourth-order valence-electron chi connectivity index (χ4n) is 3.23. The lowest BCUT2D eigenvalue weighted by molar-refractivity contribution is -0.121. The average Bonchev–Trinajstić information content (AvgIpc) is 2.55. The molecule has 4 nitrogen and oxygen atoms in total. The van der Waals surface area contributed by atoms with Gasteiger partial charge in [0, 0.05) is 32.1 Å². The predicted molar refractivity (Wildman–Crippen MR) is 90.7 cm³/mol. The number of hydrogen-bond donors (Lipinski definition) is 2. The Labute approximate surface area is 138 Å². The van der Waals surface area contributed by atoms with E-state index in [1.165, 1.54) is 25.0 Å². The minimum atomic E-state index is -0.195. The Morgan fingerprint density at radius 3 is 2.83 bits per heavy atom. The van der Waals surface area contributed by atoms with Gasteiger partial charge in [0.25, 0.3) is 0 Å². The van der Waals surface area contributed by atoms with E-state index in [0.717, 1.165) is 25.1 Å². The van der Waals surface area contributed by atoms with E-state index in [0.29, 0.717) is 31.5 Å². The molecule has 2 atom stereocenters. The number of nitrogens with zero attached hydrogens (tertiary/aromatic N) is 1. The Morgan fingerprint density at radius 2 is 2.13 bits per heavy atom. The van der Waals surface area contributed by atoms with Crippen LogP contribution in [0.25, 0.3) is 0 Å². The molecule has 2 unspecified atom stereocenters. The molecule has 1 aliphatic heterocycles. The molecule has 1 aromatic carbocycles. The Balaban J connectivity index is 1.89. The summed E-state index contributed by atoms with van der Waals surface area (Å²) in [6.07, 6.45) is 3.90. The van der Waals surface area contributed by atoms with Crippen molar-refractivity contribution in [1.82, 2.24) is 10.2 Å². The molecule has 23 heavy (non-hydrogen) atoms. The molecule has 1 aliphatic rings. The molecule has 0 aliphatic carbocycles. The van der Waals surface area contributed by atoms with Crippen molar-refractivity contribution >= 4 is 5.91 Å². The van der Waals surface area contributed by atoms with Crippen LogP contribution >= 0.6 is 0 Å². The van der Waals surface area contributed by atoms with Crippen LogP contribution in [-0.2, 0) is 4.79 Å². The van der Waals surface area contributed by atoms with Crippen molar-refractivity contribution in [3.8, 4) is 0 Å². The largest absolute Gasteiger partial charge is 0.354 e. The maximum absolute atomic E-state index is 13.1. The van der Waals surface area contributed by atoms with Crippen molar-refractivity contribution in [2.24, 2.45) is 5.73 Å². The Morgan fingerprint density at radius 1 is 1.39 bits per heavy atom. The standard InChI is InChI=1S/C18H28FN3O/c1-14(15-5-7-16(19)8-6-15)13-22-11-3-2-4-17(22)12-21-18(23)9-10-20/h5-8,14,17H,2-4,9-13,20H2,1H3,(H,21,23). The lowest BCUT2D eigenvalue weighted by atomic mass is 9.96. The van der Waals surface area contributed by atoms with Crippen LogP contribution in [0.2, 0.25) is 0 Å². The van der Waals surface area contributed by atoms with Gasteiger partial charge in [0.2, 0.25) is 5.91 Å². The van der Waals surface area contributed by atoms with Gasteiger partial charge < -0.3 is 11.1 Å². The van der Waals surface area contributed by atoms with E-state index in [4.69, 9.17) is 5.73 Å². The molecule has 1 amide bonds. The lowest BCUT2D eigenvalue weighted by Gasteiger charge is -2.37. The number of rotatable bonds is 7. The molecule has 1 saturated heterocycles. The number of carbonyl (C=O) groups is 1. The van der Waals surface area contributed by atoms with Crippen molar-refractivity contribution in [1.29, 1.82) is 0 Å². The monoisotopic (exact) mass is 321 g/mol. The molecular formula is C18H28FN3O. The highest BCUT2D eigenvalue weighted by atomic mass is 19.1. The first-order chi connectivity index (χ1) is 11.1. The maximum Gasteiger partial charge on any atom is 0.221 e. The quantitative estimate of drug-likeness (QED) is 0.810. The van der Waals surface area contributed by atoms with Crippen molar-refractivity contribution in [3.63, 3.8) is 0 Å². The van der Waals surface area contributed by atoms with Gasteiger partial charge in [-0.15, -0.1) is 0 Å². The van der Waals surface area contributed by atoms with E-state index >= 15 is 0 Å². The number of halogens is 1.